The zero-order valence-electron chi connectivity index (χ0n) is 9.60. The molecule has 0 aliphatic carbocycles. The molecule has 4 heteroatoms. The Labute approximate surface area is 101 Å². The van der Waals surface area contributed by atoms with Gasteiger partial charge in [-0.05, 0) is 24.3 Å². The van der Waals surface area contributed by atoms with Gasteiger partial charge in [0.2, 0.25) is 5.91 Å². The third-order valence-electron chi connectivity index (χ3n) is 2.21. The largest absolute Gasteiger partial charge is 0.365 e. The summed E-state index contributed by atoms with van der Waals surface area (Å²) >= 11 is 0. The molecule has 0 heterocycles. The molecule has 1 amide bonds. The fraction of sp³-hybridized carbons (Fsp3) is 0.231. The summed E-state index contributed by atoms with van der Waals surface area (Å²) in [4.78, 5) is 13.2. The van der Waals surface area contributed by atoms with Crippen LogP contribution < -0.4 is 10.2 Å². The molecule has 0 saturated heterocycles. The Bertz CT molecular complexity index is 465. The van der Waals surface area contributed by atoms with E-state index in [4.69, 9.17) is 11.7 Å². The standard InChI is InChI=1S/C13H13N3O/c1-3-8-15-13(17)10-16(2)12-6-4-11(9-14)5-7-12/h1,4-7H,8,10H2,2H3,(H,15,17). The van der Waals surface area contributed by atoms with Crippen LogP contribution in [0.1, 0.15) is 5.56 Å². The Kier molecular flexibility index (Phi) is 4.59. The van der Waals surface area contributed by atoms with Crippen LogP contribution in [-0.4, -0.2) is 26.0 Å². The second-order valence-electron chi connectivity index (χ2n) is 3.50. The van der Waals surface area contributed by atoms with E-state index in [9.17, 15) is 4.79 Å². The third-order valence-corrected chi connectivity index (χ3v) is 2.21. The zero-order chi connectivity index (χ0) is 12.7. The normalized spacial score (nSPS) is 8.88. The third kappa shape index (κ3) is 3.89. The van der Waals surface area contributed by atoms with Gasteiger partial charge < -0.3 is 10.2 Å². The minimum absolute atomic E-state index is 0.130. The Morgan fingerprint density at radius 2 is 2.12 bits per heavy atom. The molecule has 1 aromatic carbocycles. The lowest BCUT2D eigenvalue weighted by Gasteiger charge is -2.18. The molecule has 4 nitrogen and oxygen atoms in total. The number of carbonyl (C=O) groups is 1. The highest BCUT2D eigenvalue weighted by Gasteiger charge is 2.06. The average molecular weight is 227 g/mol. The molecule has 0 aliphatic rings. The summed E-state index contributed by atoms with van der Waals surface area (Å²) in [6.07, 6.45) is 5.04. The van der Waals surface area contributed by atoms with Gasteiger partial charge in [0.05, 0.1) is 24.7 Å². The highest BCUT2D eigenvalue weighted by Crippen LogP contribution is 2.12. The van der Waals surface area contributed by atoms with E-state index in [0.29, 0.717) is 5.56 Å². The van der Waals surface area contributed by atoms with Gasteiger partial charge in [-0.15, -0.1) is 6.42 Å². The van der Waals surface area contributed by atoms with Crippen LogP contribution in [0.2, 0.25) is 0 Å². The first-order valence-corrected chi connectivity index (χ1v) is 5.09. The van der Waals surface area contributed by atoms with Gasteiger partial charge in [-0.3, -0.25) is 4.79 Å². The number of likely N-dealkylation sites (N-methyl/N-ethyl adjacent to an activating group) is 1. The van der Waals surface area contributed by atoms with Gasteiger partial charge in [-0.1, -0.05) is 5.92 Å². The molecular formula is C13H13N3O. The average Bonchev–Trinajstić information content (AvgIpc) is 2.36. The molecule has 17 heavy (non-hydrogen) atoms. The number of nitriles is 1. The molecule has 1 N–H and O–H groups in total. The van der Waals surface area contributed by atoms with Gasteiger partial charge in [-0.2, -0.15) is 5.26 Å². The SMILES string of the molecule is C#CCNC(=O)CN(C)c1ccc(C#N)cc1. The van der Waals surface area contributed by atoms with E-state index in [1.54, 1.807) is 36.2 Å². The van der Waals surface area contributed by atoms with Gasteiger partial charge in [0, 0.05) is 12.7 Å². The topological polar surface area (TPSA) is 56.1 Å². The van der Waals surface area contributed by atoms with Crippen molar-refractivity contribution in [3.05, 3.63) is 29.8 Å². The fourth-order valence-corrected chi connectivity index (χ4v) is 1.30. The number of carbonyl (C=O) groups excluding carboxylic acids is 1. The van der Waals surface area contributed by atoms with Crippen LogP contribution in [0.15, 0.2) is 24.3 Å². The van der Waals surface area contributed by atoms with Crippen LogP contribution >= 0.6 is 0 Å². The number of amides is 1. The van der Waals surface area contributed by atoms with Crippen LogP contribution in [0, 0.1) is 23.7 Å². The van der Waals surface area contributed by atoms with E-state index in [2.05, 4.69) is 11.2 Å². The van der Waals surface area contributed by atoms with Crippen LogP contribution in [0.3, 0.4) is 0 Å². The maximum Gasteiger partial charge on any atom is 0.240 e. The van der Waals surface area contributed by atoms with E-state index >= 15 is 0 Å². The lowest BCUT2D eigenvalue weighted by atomic mass is 10.2. The molecule has 0 aromatic heterocycles. The summed E-state index contributed by atoms with van der Waals surface area (Å²) < 4.78 is 0. The fourth-order valence-electron chi connectivity index (χ4n) is 1.30. The van der Waals surface area contributed by atoms with E-state index in [1.807, 2.05) is 6.07 Å². The summed E-state index contributed by atoms with van der Waals surface area (Å²) in [5.41, 5.74) is 1.47. The van der Waals surface area contributed by atoms with Crippen LogP contribution in [0.4, 0.5) is 5.69 Å². The number of nitrogens with one attached hydrogen (secondary N) is 1. The molecule has 0 saturated carbocycles. The molecule has 1 rings (SSSR count). The van der Waals surface area contributed by atoms with E-state index in [0.717, 1.165) is 5.69 Å². The predicted octanol–water partition coefficient (Wildman–Crippen LogP) is 0.744. The molecule has 0 unspecified atom stereocenters. The minimum Gasteiger partial charge on any atom is -0.365 e. The van der Waals surface area contributed by atoms with Crippen molar-refractivity contribution in [2.24, 2.45) is 0 Å². The maximum absolute atomic E-state index is 11.4. The smallest absolute Gasteiger partial charge is 0.240 e. The van der Waals surface area contributed by atoms with E-state index in [-0.39, 0.29) is 19.0 Å². The Morgan fingerprint density at radius 1 is 1.47 bits per heavy atom. The molecular weight excluding hydrogens is 214 g/mol. The first-order valence-electron chi connectivity index (χ1n) is 5.09. The number of benzene rings is 1. The van der Waals surface area contributed by atoms with E-state index < -0.39 is 0 Å². The molecule has 0 aliphatic heterocycles. The second kappa shape index (κ2) is 6.19. The highest BCUT2D eigenvalue weighted by molar-refractivity contribution is 5.81. The quantitative estimate of drug-likeness (QED) is 0.772. The van der Waals surface area contributed by atoms with Crippen molar-refractivity contribution in [3.63, 3.8) is 0 Å². The first-order chi connectivity index (χ1) is 8.17. The Hall–Kier alpha value is -2.46. The van der Waals surface area contributed by atoms with Crippen molar-refractivity contribution in [3.8, 4) is 18.4 Å². The van der Waals surface area contributed by atoms with Crippen molar-refractivity contribution in [1.82, 2.24) is 5.32 Å². The molecule has 0 radical (unpaired) electrons. The zero-order valence-corrected chi connectivity index (χ0v) is 9.60. The second-order valence-corrected chi connectivity index (χ2v) is 3.50. The van der Waals surface area contributed by atoms with Crippen molar-refractivity contribution in [2.45, 2.75) is 0 Å². The summed E-state index contributed by atoms with van der Waals surface area (Å²) in [6.45, 7) is 0.466. The minimum atomic E-state index is -0.130. The van der Waals surface area contributed by atoms with Gasteiger partial charge in [-0.25, -0.2) is 0 Å². The molecule has 0 spiro atoms. The van der Waals surface area contributed by atoms with Gasteiger partial charge in [0.1, 0.15) is 0 Å². The van der Waals surface area contributed by atoms with E-state index in [1.165, 1.54) is 0 Å². The monoisotopic (exact) mass is 227 g/mol. The number of terminal acetylenes is 1. The maximum atomic E-state index is 11.4. The predicted molar refractivity (Wildman–Crippen MR) is 66.3 cm³/mol. The molecule has 86 valence electrons. The lowest BCUT2D eigenvalue weighted by molar-refractivity contribution is -0.119. The number of hydrogen-bond acceptors (Lipinski definition) is 3. The Balaban J connectivity index is 2.58. The summed E-state index contributed by atoms with van der Waals surface area (Å²) in [5.74, 6) is 2.21. The molecule has 1 aromatic rings. The molecule has 0 bridgehead atoms. The summed E-state index contributed by atoms with van der Waals surface area (Å²) in [7, 11) is 1.80. The van der Waals surface area contributed by atoms with Crippen LogP contribution in [0.25, 0.3) is 0 Å². The van der Waals surface area contributed by atoms with Crippen molar-refractivity contribution in [1.29, 1.82) is 5.26 Å². The van der Waals surface area contributed by atoms with Crippen molar-refractivity contribution < 1.29 is 4.79 Å². The number of rotatable bonds is 4. The Morgan fingerprint density at radius 3 is 2.65 bits per heavy atom. The van der Waals surface area contributed by atoms with Gasteiger partial charge >= 0.3 is 0 Å². The number of anilines is 1. The highest BCUT2D eigenvalue weighted by atomic mass is 16.1. The molecule has 0 atom stereocenters. The van der Waals surface area contributed by atoms with Gasteiger partial charge in [0.15, 0.2) is 0 Å². The van der Waals surface area contributed by atoms with Crippen LogP contribution in [-0.2, 0) is 4.79 Å². The number of nitrogens with zero attached hydrogens (tertiary/aromatic N) is 2. The first kappa shape index (κ1) is 12.6. The summed E-state index contributed by atoms with van der Waals surface area (Å²) in [5, 5.41) is 11.2. The van der Waals surface area contributed by atoms with Crippen molar-refractivity contribution >= 4 is 11.6 Å². The number of hydrogen-bond donors (Lipinski definition) is 1. The van der Waals surface area contributed by atoms with Crippen LogP contribution in [0.5, 0.6) is 0 Å². The van der Waals surface area contributed by atoms with Gasteiger partial charge in [0.25, 0.3) is 0 Å². The molecule has 0 fully saturated rings. The van der Waals surface area contributed by atoms with Crippen molar-refractivity contribution in [2.75, 3.05) is 25.0 Å². The lowest BCUT2D eigenvalue weighted by Crippen LogP contribution is -2.35. The summed E-state index contributed by atoms with van der Waals surface area (Å²) in [6, 6.07) is 9.07.